The van der Waals surface area contributed by atoms with E-state index in [1.165, 1.54) is 53.9 Å². The number of alkyl halides is 1. The van der Waals surface area contributed by atoms with Crippen molar-refractivity contribution < 1.29 is 38.0 Å². The molecule has 4 atom stereocenters. The van der Waals surface area contributed by atoms with Gasteiger partial charge in [-0.1, -0.05) is 12.1 Å². The van der Waals surface area contributed by atoms with Crippen molar-refractivity contribution >= 4 is 23.5 Å². The number of hydrogen-bond acceptors (Lipinski definition) is 14. The Morgan fingerprint density at radius 2 is 1.21 bits per heavy atom. The molecule has 75 heavy (non-hydrogen) atoms. The van der Waals surface area contributed by atoms with Crippen molar-refractivity contribution in [2.45, 2.75) is 178 Å². The number of nitrogens with one attached hydrogen (secondary N) is 1. The number of esters is 2. The Morgan fingerprint density at radius 3 is 1.75 bits per heavy atom. The lowest BCUT2D eigenvalue weighted by Gasteiger charge is -2.27. The van der Waals surface area contributed by atoms with E-state index in [0.717, 1.165) is 182 Å². The number of likely N-dealkylation sites (tertiary alicyclic amines) is 1. The molecule has 2 aliphatic heterocycles. The molecule has 0 amide bonds. The lowest BCUT2D eigenvalue weighted by atomic mass is 9.94. The Balaban J connectivity index is 0.000000166. The molecule has 0 radical (unpaired) electrons. The number of aryl methyl sites for hydroxylation is 4. The fraction of sp³-hybridized carbons (Fsp3) is 0.633. The summed E-state index contributed by atoms with van der Waals surface area (Å²) in [6.07, 6.45) is 26.4. The van der Waals surface area contributed by atoms with Crippen LogP contribution in [0.2, 0.25) is 0 Å². The largest absolute Gasteiger partial charge is 0.496 e. The average molecular weight is 1050 g/mol. The van der Waals surface area contributed by atoms with Gasteiger partial charge in [0.1, 0.15) is 17.5 Å². The van der Waals surface area contributed by atoms with E-state index in [-0.39, 0.29) is 18.0 Å². The smallest absolute Gasteiger partial charge is 0.328 e. The number of unbranched alkanes of at least 4 members (excludes halogenated alkanes) is 2. The van der Waals surface area contributed by atoms with Crippen LogP contribution in [0, 0.1) is 0 Å². The standard InChI is InChI=1S/C30H41N3O4.C18H28N2O2.C12H14ClNO2/c1-3-36-30(34)29(25-11-8-16-31-28(25)21-13-14-21)33-17-15-23(20-33)37-18-7-6-9-22-19-27(35-2)24-10-4-5-12-26(24)32-22;1-21-18-12-14(20-17-8-3-2-7-16(17)18)6-4-5-11-22-15-9-10-19-13-15;1-2-16-12(15)10(13)9-4-3-7-14-11(9)8-5-6-8/h8,11,16,19,21,23,29H,3-7,9-10,12-15,17-18,20H2,1-2H3;12,15,19H,2-11,13H2,1H3;3-4,7-8,10H,2,5-6H2,1H3/t23-,29?;15-;/m11./s1. The third kappa shape index (κ3) is 16.2. The van der Waals surface area contributed by atoms with Gasteiger partial charge < -0.3 is 33.7 Å². The van der Waals surface area contributed by atoms with Gasteiger partial charge in [0.15, 0.2) is 5.38 Å². The van der Waals surface area contributed by atoms with E-state index in [9.17, 15) is 9.59 Å². The molecule has 408 valence electrons. The summed E-state index contributed by atoms with van der Waals surface area (Å²) < 4.78 is 33.8. The Bertz CT molecular complexity index is 2410. The Labute approximate surface area is 451 Å². The van der Waals surface area contributed by atoms with Gasteiger partial charge in [-0.25, -0.2) is 4.79 Å². The van der Waals surface area contributed by atoms with E-state index in [1.807, 2.05) is 25.3 Å². The van der Waals surface area contributed by atoms with Gasteiger partial charge in [-0.15, -0.1) is 11.6 Å². The van der Waals surface area contributed by atoms with E-state index >= 15 is 0 Å². The molecule has 4 fully saturated rings. The van der Waals surface area contributed by atoms with E-state index < -0.39 is 11.4 Å². The molecular weight excluding hydrogens is 968 g/mol. The van der Waals surface area contributed by atoms with E-state index in [4.69, 9.17) is 50.0 Å². The molecule has 0 bridgehead atoms. The van der Waals surface area contributed by atoms with Crippen LogP contribution in [0.1, 0.15) is 183 Å². The Hall–Kier alpha value is -4.73. The van der Waals surface area contributed by atoms with Crippen LogP contribution in [-0.4, -0.2) is 116 Å². The molecule has 2 unspecified atom stereocenters. The summed E-state index contributed by atoms with van der Waals surface area (Å²) >= 11 is 6.10. The van der Waals surface area contributed by atoms with Gasteiger partial charge in [0.2, 0.25) is 0 Å². The molecule has 4 aliphatic carbocycles. The number of methoxy groups -OCH3 is 2. The minimum atomic E-state index is -0.732. The number of rotatable bonds is 23. The summed E-state index contributed by atoms with van der Waals surface area (Å²) in [6, 6.07) is 11.5. The third-order valence-corrected chi connectivity index (χ3v) is 15.6. The summed E-state index contributed by atoms with van der Waals surface area (Å²) in [4.78, 5) is 45.6. The molecule has 2 saturated carbocycles. The maximum absolute atomic E-state index is 13.1. The topological polar surface area (TPSA) is 156 Å². The average Bonchev–Trinajstić information content (AvgIpc) is 4.38. The van der Waals surface area contributed by atoms with Crippen LogP contribution < -0.4 is 14.8 Å². The first-order chi connectivity index (χ1) is 36.8. The second kappa shape index (κ2) is 29.1. The molecule has 4 aromatic heterocycles. The third-order valence-electron chi connectivity index (χ3n) is 15.2. The SMILES string of the molecule is CCOC(=O)C(Cl)c1cccnc1C1CC1.CCOC(=O)C(c1cccnc1C1CC1)N1CC[C@@H](OCCCCc2cc(OC)c3c(n2)CCCC3)C1.COc1cc(CCCCO[C@@H]2CCNC2)nc2c1CCCC2. The van der Waals surface area contributed by atoms with Gasteiger partial charge >= 0.3 is 11.9 Å². The summed E-state index contributed by atoms with van der Waals surface area (Å²) in [5.41, 5.74) is 11.3. The van der Waals surface area contributed by atoms with Gasteiger partial charge in [-0.3, -0.25) is 29.6 Å². The number of nitrogens with zero attached hydrogens (tertiary/aromatic N) is 5. The van der Waals surface area contributed by atoms with Crippen LogP contribution in [0.3, 0.4) is 0 Å². The minimum absolute atomic E-state index is 0.139. The molecule has 10 rings (SSSR count). The van der Waals surface area contributed by atoms with Gasteiger partial charge in [0.25, 0.3) is 0 Å². The van der Waals surface area contributed by atoms with Crippen LogP contribution >= 0.6 is 11.6 Å². The number of pyridine rings is 4. The van der Waals surface area contributed by atoms with Crippen molar-refractivity contribution in [3.8, 4) is 11.5 Å². The maximum atomic E-state index is 13.1. The number of aromatic nitrogens is 4. The molecular formula is C60H83ClN6O8. The van der Waals surface area contributed by atoms with Gasteiger partial charge in [0.05, 0.1) is 39.6 Å². The number of ether oxygens (including phenoxy) is 6. The van der Waals surface area contributed by atoms with Crippen LogP contribution in [0.4, 0.5) is 0 Å². The monoisotopic (exact) mass is 1050 g/mol. The van der Waals surface area contributed by atoms with Crippen molar-refractivity contribution in [1.82, 2.24) is 30.2 Å². The molecule has 14 nitrogen and oxygen atoms in total. The maximum Gasteiger partial charge on any atom is 0.328 e. The second-order valence-corrected chi connectivity index (χ2v) is 21.3. The quantitative estimate of drug-likeness (QED) is 0.0425. The van der Waals surface area contributed by atoms with Gasteiger partial charge in [-0.2, -0.15) is 0 Å². The molecule has 1 N–H and O–H groups in total. The fourth-order valence-corrected chi connectivity index (χ4v) is 11.3. The highest BCUT2D eigenvalue weighted by atomic mass is 35.5. The van der Waals surface area contributed by atoms with E-state index in [1.54, 1.807) is 33.4 Å². The van der Waals surface area contributed by atoms with Crippen LogP contribution in [-0.2, 0) is 67.1 Å². The lowest BCUT2D eigenvalue weighted by Crippen LogP contribution is -2.35. The summed E-state index contributed by atoms with van der Waals surface area (Å²) in [7, 11) is 3.54. The number of carbonyl (C=O) groups is 2. The van der Waals surface area contributed by atoms with Crippen molar-refractivity contribution in [1.29, 1.82) is 0 Å². The zero-order chi connectivity index (χ0) is 52.4. The van der Waals surface area contributed by atoms with Crippen molar-refractivity contribution in [2.75, 3.05) is 66.8 Å². The molecule has 2 saturated heterocycles. The molecule has 0 spiro atoms. The zero-order valence-electron chi connectivity index (χ0n) is 45.3. The molecule has 6 aliphatic rings. The highest BCUT2D eigenvalue weighted by molar-refractivity contribution is 6.30. The van der Waals surface area contributed by atoms with Gasteiger partial charge in [0, 0.05) is 126 Å². The van der Waals surface area contributed by atoms with E-state index in [2.05, 4.69) is 38.4 Å². The minimum Gasteiger partial charge on any atom is -0.496 e. The number of halogens is 1. The van der Waals surface area contributed by atoms with Crippen LogP contribution in [0.15, 0.2) is 48.8 Å². The normalized spacial score (nSPS) is 19.8. The highest BCUT2D eigenvalue weighted by Crippen LogP contribution is 2.44. The van der Waals surface area contributed by atoms with Crippen LogP contribution in [0.25, 0.3) is 0 Å². The summed E-state index contributed by atoms with van der Waals surface area (Å²) in [6.45, 7) is 9.65. The molecule has 0 aromatic carbocycles. The predicted octanol–water partition coefficient (Wildman–Crippen LogP) is 10.4. The molecule has 4 aromatic rings. The fourth-order valence-electron chi connectivity index (χ4n) is 11.0. The highest BCUT2D eigenvalue weighted by Gasteiger charge is 2.39. The summed E-state index contributed by atoms with van der Waals surface area (Å²) in [5, 5.41) is 2.60. The molecule has 15 heteroatoms. The first-order valence-electron chi connectivity index (χ1n) is 28.4. The molecule has 6 heterocycles. The van der Waals surface area contributed by atoms with E-state index in [0.29, 0.717) is 31.2 Å². The number of fused-ring (bicyclic) bond motifs is 2. The Morgan fingerprint density at radius 1 is 0.680 bits per heavy atom. The van der Waals surface area contributed by atoms with Crippen LogP contribution in [0.5, 0.6) is 11.5 Å². The summed E-state index contributed by atoms with van der Waals surface area (Å²) in [5.74, 6) is 2.45. The Kier molecular flexibility index (Phi) is 21.9. The second-order valence-electron chi connectivity index (χ2n) is 20.8. The number of carbonyl (C=O) groups excluding carboxylic acids is 2. The first kappa shape index (κ1) is 56.5. The van der Waals surface area contributed by atoms with Crippen molar-refractivity contribution in [2.24, 2.45) is 0 Å². The van der Waals surface area contributed by atoms with Gasteiger partial charge in [-0.05, 0) is 161 Å². The van der Waals surface area contributed by atoms with Crippen molar-refractivity contribution in [3.63, 3.8) is 0 Å². The number of hydrogen-bond donors (Lipinski definition) is 1. The zero-order valence-corrected chi connectivity index (χ0v) is 46.0. The predicted molar refractivity (Wildman–Crippen MR) is 291 cm³/mol. The lowest BCUT2D eigenvalue weighted by molar-refractivity contribution is -0.149. The van der Waals surface area contributed by atoms with Crippen molar-refractivity contribution in [3.05, 3.63) is 105 Å². The first-order valence-corrected chi connectivity index (χ1v) is 28.9.